The second kappa shape index (κ2) is 6.83. The lowest BCUT2D eigenvalue weighted by Gasteiger charge is -2.06. The average molecular weight is 369 g/mol. The summed E-state index contributed by atoms with van der Waals surface area (Å²) in [5.41, 5.74) is 3.04. The molecule has 1 aliphatic carbocycles. The van der Waals surface area contributed by atoms with E-state index in [1.165, 1.54) is 10.7 Å². The Bertz CT molecular complexity index is 1010. The SMILES string of the molecule is COc1ccc(NC(=O)c2nn(-c3ccc(F)c(F)c3)c3c2CCC3)cc1. The zero-order valence-electron chi connectivity index (χ0n) is 14.6. The normalized spacial score (nSPS) is 12.7. The molecule has 1 N–H and O–H groups in total. The van der Waals surface area contributed by atoms with Crippen molar-refractivity contribution in [2.45, 2.75) is 19.3 Å². The minimum atomic E-state index is -0.945. The summed E-state index contributed by atoms with van der Waals surface area (Å²) in [4.78, 5) is 12.7. The van der Waals surface area contributed by atoms with Gasteiger partial charge in [0.05, 0.1) is 12.8 Å². The lowest BCUT2D eigenvalue weighted by atomic mass is 10.2. The molecule has 3 aromatic rings. The van der Waals surface area contributed by atoms with Crippen molar-refractivity contribution in [2.24, 2.45) is 0 Å². The summed E-state index contributed by atoms with van der Waals surface area (Å²) in [7, 11) is 1.57. The van der Waals surface area contributed by atoms with E-state index in [2.05, 4.69) is 10.4 Å². The quantitative estimate of drug-likeness (QED) is 0.759. The van der Waals surface area contributed by atoms with Crippen molar-refractivity contribution in [2.75, 3.05) is 12.4 Å². The first-order valence-electron chi connectivity index (χ1n) is 8.58. The number of nitrogens with zero attached hydrogens (tertiary/aromatic N) is 2. The lowest BCUT2D eigenvalue weighted by molar-refractivity contribution is 0.102. The summed E-state index contributed by atoms with van der Waals surface area (Å²) >= 11 is 0. The van der Waals surface area contributed by atoms with Crippen LogP contribution in [0.4, 0.5) is 14.5 Å². The molecule has 138 valence electrons. The molecule has 0 atom stereocenters. The van der Waals surface area contributed by atoms with Gasteiger partial charge in [-0.2, -0.15) is 5.10 Å². The zero-order chi connectivity index (χ0) is 19.0. The van der Waals surface area contributed by atoms with Crippen LogP contribution in [0.25, 0.3) is 5.69 Å². The third-order valence-electron chi connectivity index (χ3n) is 4.64. The van der Waals surface area contributed by atoms with Crippen molar-refractivity contribution in [3.63, 3.8) is 0 Å². The van der Waals surface area contributed by atoms with Gasteiger partial charge >= 0.3 is 0 Å². The molecule has 0 fully saturated rings. The molecule has 7 heteroatoms. The topological polar surface area (TPSA) is 56.1 Å². The molecule has 0 radical (unpaired) electrons. The predicted octanol–water partition coefficient (Wildman–Crippen LogP) is 3.90. The Morgan fingerprint density at radius 2 is 1.89 bits per heavy atom. The summed E-state index contributed by atoms with van der Waals surface area (Å²) in [6, 6.07) is 10.6. The first-order chi connectivity index (χ1) is 13.1. The standard InChI is InChI=1S/C20H17F2N3O2/c1-27-14-8-5-12(6-9-14)23-20(26)19-15-3-2-4-18(15)25(24-19)13-7-10-16(21)17(22)11-13/h5-11H,2-4H2,1H3,(H,23,26). The predicted molar refractivity (Wildman–Crippen MR) is 96.5 cm³/mol. The number of rotatable bonds is 4. The van der Waals surface area contributed by atoms with Crippen LogP contribution in [0.2, 0.25) is 0 Å². The van der Waals surface area contributed by atoms with Crippen LogP contribution in [-0.2, 0) is 12.8 Å². The summed E-state index contributed by atoms with van der Waals surface area (Å²) in [6.45, 7) is 0. The maximum atomic E-state index is 13.6. The van der Waals surface area contributed by atoms with Gasteiger partial charge in [0.1, 0.15) is 5.75 Å². The van der Waals surface area contributed by atoms with Crippen LogP contribution in [0.3, 0.4) is 0 Å². The number of benzene rings is 2. The Morgan fingerprint density at radius 1 is 1.11 bits per heavy atom. The number of hydrogen-bond acceptors (Lipinski definition) is 3. The van der Waals surface area contributed by atoms with Crippen LogP contribution < -0.4 is 10.1 Å². The number of aromatic nitrogens is 2. The molecule has 0 saturated heterocycles. The molecule has 1 amide bonds. The zero-order valence-corrected chi connectivity index (χ0v) is 14.6. The van der Waals surface area contributed by atoms with Crippen LogP contribution in [-0.4, -0.2) is 22.8 Å². The van der Waals surface area contributed by atoms with Crippen LogP contribution >= 0.6 is 0 Å². The summed E-state index contributed by atoms with van der Waals surface area (Å²) in [5, 5.41) is 7.21. The molecule has 5 nitrogen and oxygen atoms in total. The molecule has 0 unspecified atom stereocenters. The van der Waals surface area contributed by atoms with Gasteiger partial charge in [0.15, 0.2) is 17.3 Å². The lowest BCUT2D eigenvalue weighted by Crippen LogP contribution is -2.15. The highest BCUT2D eigenvalue weighted by Crippen LogP contribution is 2.29. The number of ether oxygens (including phenoxy) is 1. The van der Waals surface area contributed by atoms with E-state index >= 15 is 0 Å². The second-order valence-electron chi connectivity index (χ2n) is 6.32. The Hall–Kier alpha value is -3.22. The highest BCUT2D eigenvalue weighted by Gasteiger charge is 2.27. The highest BCUT2D eigenvalue weighted by atomic mass is 19.2. The first-order valence-corrected chi connectivity index (χ1v) is 8.58. The van der Waals surface area contributed by atoms with Crippen LogP contribution in [0.15, 0.2) is 42.5 Å². The summed E-state index contributed by atoms with van der Waals surface area (Å²) in [5.74, 6) is -1.50. The second-order valence-corrected chi connectivity index (χ2v) is 6.32. The fourth-order valence-electron chi connectivity index (χ4n) is 3.31. The van der Waals surface area contributed by atoms with Crippen molar-refractivity contribution in [1.82, 2.24) is 9.78 Å². The number of methoxy groups -OCH3 is 1. The number of fused-ring (bicyclic) bond motifs is 1. The molecular weight excluding hydrogens is 352 g/mol. The van der Waals surface area contributed by atoms with E-state index in [4.69, 9.17) is 4.74 Å². The number of carbonyl (C=O) groups is 1. The minimum Gasteiger partial charge on any atom is -0.497 e. The van der Waals surface area contributed by atoms with E-state index in [9.17, 15) is 13.6 Å². The van der Waals surface area contributed by atoms with E-state index in [0.717, 1.165) is 42.7 Å². The number of carbonyl (C=O) groups excluding carboxylic acids is 1. The number of anilines is 1. The molecule has 0 aliphatic heterocycles. The fraction of sp³-hybridized carbons (Fsp3) is 0.200. The van der Waals surface area contributed by atoms with Gasteiger partial charge in [-0.05, 0) is 55.7 Å². The molecule has 0 spiro atoms. The van der Waals surface area contributed by atoms with Gasteiger partial charge in [0, 0.05) is 23.0 Å². The van der Waals surface area contributed by atoms with Gasteiger partial charge in [-0.3, -0.25) is 4.79 Å². The molecule has 4 rings (SSSR count). The van der Waals surface area contributed by atoms with Crippen LogP contribution in [0.5, 0.6) is 5.75 Å². The molecule has 0 saturated carbocycles. The first kappa shape index (κ1) is 17.2. The van der Waals surface area contributed by atoms with E-state index in [1.807, 2.05) is 0 Å². The molecule has 0 bridgehead atoms. The molecule has 1 aliphatic rings. The van der Waals surface area contributed by atoms with Gasteiger partial charge in [0.2, 0.25) is 0 Å². The van der Waals surface area contributed by atoms with Gasteiger partial charge in [-0.25, -0.2) is 13.5 Å². The smallest absolute Gasteiger partial charge is 0.276 e. The van der Waals surface area contributed by atoms with Gasteiger partial charge < -0.3 is 10.1 Å². The van der Waals surface area contributed by atoms with Crippen molar-refractivity contribution in [3.05, 3.63) is 71.1 Å². The summed E-state index contributed by atoms with van der Waals surface area (Å²) < 4.78 is 33.5. The van der Waals surface area contributed by atoms with Gasteiger partial charge in [-0.15, -0.1) is 0 Å². The average Bonchev–Trinajstić information content (AvgIpc) is 3.27. The summed E-state index contributed by atoms with van der Waals surface area (Å²) in [6.07, 6.45) is 2.35. The third-order valence-corrected chi connectivity index (χ3v) is 4.64. The Balaban J connectivity index is 1.67. The third kappa shape index (κ3) is 3.16. The van der Waals surface area contributed by atoms with Crippen molar-refractivity contribution >= 4 is 11.6 Å². The Labute approximate surface area is 154 Å². The highest BCUT2D eigenvalue weighted by molar-refractivity contribution is 6.04. The molecule has 27 heavy (non-hydrogen) atoms. The maximum absolute atomic E-state index is 13.6. The fourth-order valence-corrected chi connectivity index (χ4v) is 3.31. The van der Waals surface area contributed by atoms with E-state index < -0.39 is 11.6 Å². The largest absolute Gasteiger partial charge is 0.497 e. The molecule has 1 aromatic heterocycles. The van der Waals surface area contributed by atoms with E-state index in [0.29, 0.717) is 22.8 Å². The monoisotopic (exact) mass is 369 g/mol. The van der Waals surface area contributed by atoms with Crippen LogP contribution in [0, 0.1) is 11.6 Å². The van der Waals surface area contributed by atoms with Crippen LogP contribution in [0.1, 0.15) is 28.2 Å². The van der Waals surface area contributed by atoms with E-state index in [-0.39, 0.29) is 5.91 Å². The Morgan fingerprint density at radius 3 is 2.59 bits per heavy atom. The number of amides is 1. The van der Waals surface area contributed by atoms with E-state index in [1.54, 1.807) is 31.4 Å². The molecular formula is C20H17F2N3O2. The van der Waals surface area contributed by atoms with Crippen molar-refractivity contribution in [1.29, 1.82) is 0 Å². The number of nitrogens with one attached hydrogen (secondary N) is 1. The maximum Gasteiger partial charge on any atom is 0.276 e. The minimum absolute atomic E-state index is 0.308. The molecule has 1 heterocycles. The number of hydrogen-bond donors (Lipinski definition) is 1. The van der Waals surface area contributed by atoms with Crippen molar-refractivity contribution in [3.8, 4) is 11.4 Å². The van der Waals surface area contributed by atoms with Gasteiger partial charge in [-0.1, -0.05) is 0 Å². The van der Waals surface area contributed by atoms with Gasteiger partial charge in [0.25, 0.3) is 5.91 Å². The Kier molecular flexibility index (Phi) is 4.35. The van der Waals surface area contributed by atoms with Crippen molar-refractivity contribution < 1.29 is 18.3 Å². The number of halogens is 2. The molecule has 2 aromatic carbocycles.